The van der Waals surface area contributed by atoms with Crippen molar-refractivity contribution in [3.63, 3.8) is 0 Å². The molecule has 4 rings (SSSR count). The third kappa shape index (κ3) is 4.19. The van der Waals surface area contributed by atoms with Crippen LogP contribution in [0.1, 0.15) is 48.8 Å². The highest BCUT2D eigenvalue weighted by Crippen LogP contribution is 2.32. The number of benzene rings is 2. The molecule has 2 aromatic rings. The van der Waals surface area contributed by atoms with Crippen LogP contribution in [0, 0.1) is 6.92 Å². The van der Waals surface area contributed by atoms with E-state index in [-0.39, 0.29) is 0 Å². The number of hydrogen-bond donors (Lipinski definition) is 0. The summed E-state index contributed by atoms with van der Waals surface area (Å²) in [6.07, 6.45) is 9.11. The van der Waals surface area contributed by atoms with Gasteiger partial charge in [0.1, 0.15) is 12.4 Å². The van der Waals surface area contributed by atoms with E-state index in [0.29, 0.717) is 12.6 Å². The Hall–Kier alpha value is -2.06. The lowest BCUT2D eigenvalue weighted by Gasteiger charge is -2.42. The number of aryl methyl sites for hydroxylation is 1. The van der Waals surface area contributed by atoms with E-state index in [0.717, 1.165) is 5.75 Å². The Morgan fingerprint density at radius 1 is 0.962 bits per heavy atom. The van der Waals surface area contributed by atoms with E-state index < -0.39 is 0 Å². The highest BCUT2D eigenvalue weighted by atomic mass is 16.5. The largest absolute Gasteiger partial charge is 0.489 e. The highest BCUT2D eigenvalue weighted by Gasteiger charge is 2.28. The average Bonchev–Trinajstić information content (AvgIpc) is 2.63. The predicted octanol–water partition coefficient (Wildman–Crippen LogP) is 5.61. The summed E-state index contributed by atoms with van der Waals surface area (Å²) < 4.78 is 5.93. The Balaban J connectivity index is 1.39. The van der Waals surface area contributed by atoms with Crippen LogP contribution in [0.25, 0.3) is 6.08 Å². The maximum atomic E-state index is 5.93. The molecule has 0 aromatic heterocycles. The van der Waals surface area contributed by atoms with Crippen LogP contribution in [0.3, 0.4) is 0 Å². The van der Waals surface area contributed by atoms with E-state index in [4.69, 9.17) is 4.74 Å². The minimum absolute atomic E-state index is 0.623. The lowest BCUT2D eigenvalue weighted by Crippen LogP contribution is -2.46. The van der Waals surface area contributed by atoms with E-state index in [1.807, 2.05) is 0 Å². The van der Waals surface area contributed by atoms with Crippen molar-refractivity contribution in [2.75, 3.05) is 13.1 Å². The predicted molar refractivity (Wildman–Crippen MR) is 108 cm³/mol. The summed E-state index contributed by atoms with van der Waals surface area (Å²) >= 11 is 0. The second kappa shape index (κ2) is 8.09. The molecule has 1 atom stereocenters. The Morgan fingerprint density at radius 3 is 2.42 bits per heavy atom. The van der Waals surface area contributed by atoms with Gasteiger partial charge in [-0.3, -0.25) is 4.90 Å². The number of rotatable bonds is 5. The first-order valence-electron chi connectivity index (χ1n) is 10.0. The minimum Gasteiger partial charge on any atom is -0.489 e. The second-order valence-corrected chi connectivity index (χ2v) is 7.71. The first kappa shape index (κ1) is 17.4. The molecule has 0 amide bonds. The summed E-state index contributed by atoms with van der Waals surface area (Å²) in [5.74, 6) is 0.940. The van der Waals surface area contributed by atoms with Gasteiger partial charge in [0, 0.05) is 6.04 Å². The van der Waals surface area contributed by atoms with Crippen LogP contribution < -0.4 is 4.74 Å². The van der Waals surface area contributed by atoms with Gasteiger partial charge in [0.2, 0.25) is 0 Å². The Labute approximate surface area is 157 Å². The number of likely N-dealkylation sites (tertiary alicyclic amines) is 1. The molecule has 1 heterocycles. The standard InChI is InChI=1S/C24H29NO/c1-19-7-9-21(10-8-19)18-26-23-13-11-20(12-14-23)17-22-5-2-3-6-24(22)25-15-4-16-25/h7-14,17,24H,2-6,15-16,18H2,1H3/b22-17+. The van der Waals surface area contributed by atoms with E-state index in [9.17, 15) is 0 Å². The molecule has 1 saturated carbocycles. The second-order valence-electron chi connectivity index (χ2n) is 7.71. The van der Waals surface area contributed by atoms with Gasteiger partial charge in [-0.1, -0.05) is 60.0 Å². The van der Waals surface area contributed by atoms with Gasteiger partial charge in [0.25, 0.3) is 0 Å². The molecule has 2 aromatic carbocycles. The van der Waals surface area contributed by atoms with E-state index in [1.165, 1.54) is 61.9 Å². The first-order valence-corrected chi connectivity index (χ1v) is 10.0. The summed E-state index contributed by atoms with van der Waals surface area (Å²) in [7, 11) is 0. The molecular weight excluding hydrogens is 318 g/mol. The lowest BCUT2D eigenvalue weighted by molar-refractivity contribution is 0.121. The number of nitrogens with zero attached hydrogens (tertiary/aromatic N) is 1. The fourth-order valence-corrected chi connectivity index (χ4v) is 3.98. The van der Waals surface area contributed by atoms with Crippen LogP contribution in [-0.4, -0.2) is 24.0 Å². The monoisotopic (exact) mass is 347 g/mol. The van der Waals surface area contributed by atoms with E-state index in [2.05, 4.69) is 66.4 Å². The smallest absolute Gasteiger partial charge is 0.119 e. The molecule has 1 aliphatic heterocycles. The fraction of sp³-hybridized carbons (Fsp3) is 0.417. The molecule has 1 saturated heterocycles. The van der Waals surface area contributed by atoms with Gasteiger partial charge in [-0.25, -0.2) is 0 Å². The van der Waals surface area contributed by atoms with Gasteiger partial charge in [-0.15, -0.1) is 0 Å². The summed E-state index contributed by atoms with van der Waals surface area (Å²) in [4.78, 5) is 2.66. The molecule has 2 heteroatoms. The van der Waals surface area contributed by atoms with Crippen LogP contribution in [0.4, 0.5) is 0 Å². The summed E-state index contributed by atoms with van der Waals surface area (Å²) in [6.45, 7) is 5.30. The summed E-state index contributed by atoms with van der Waals surface area (Å²) in [5.41, 5.74) is 5.42. The van der Waals surface area contributed by atoms with Crippen LogP contribution >= 0.6 is 0 Å². The number of ether oxygens (including phenoxy) is 1. The molecule has 136 valence electrons. The summed E-state index contributed by atoms with van der Waals surface area (Å²) in [5, 5.41) is 0. The van der Waals surface area contributed by atoms with Crippen molar-refractivity contribution in [3.8, 4) is 5.75 Å². The SMILES string of the molecule is Cc1ccc(COc2ccc(/C=C3\CCCCC3N3CCC3)cc2)cc1. The van der Waals surface area contributed by atoms with Gasteiger partial charge in [-0.05, 0) is 69.0 Å². The summed E-state index contributed by atoms with van der Waals surface area (Å²) in [6, 6.07) is 17.8. The van der Waals surface area contributed by atoms with Gasteiger partial charge >= 0.3 is 0 Å². The molecule has 0 bridgehead atoms. The van der Waals surface area contributed by atoms with E-state index in [1.54, 1.807) is 5.57 Å². The average molecular weight is 348 g/mol. The Kier molecular flexibility index (Phi) is 5.40. The van der Waals surface area contributed by atoms with Gasteiger partial charge < -0.3 is 4.74 Å². The van der Waals surface area contributed by atoms with Crippen LogP contribution in [0.5, 0.6) is 5.75 Å². The topological polar surface area (TPSA) is 12.5 Å². The highest BCUT2D eigenvalue weighted by molar-refractivity contribution is 5.55. The lowest BCUT2D eigenvalue weighted by atomic mass is 9.86. The molecular formula is C24H29NO. The third-order valence-electron chi connectivity index (χ3n) is 5.71. The molecule has 0 N–H and O–H groups in total. The molecule has 1 aliphatic carbocycles. The van der Waals surface area contributed by atoms with Gasteiger partial charge in [-0.2, -0.15) is 0 Å². The zero-order valence-electron chi connectivity index (χ0n) is 15.8. The fourth-order valence-electron chi connectivity index (χ4n) is 3.98. The molecule has 2 fully saturated rings. The first-order chi connectivity index (χ1) is 12.8. The van der Waals surface area contributed by atoms with E-state index >= 15 is 0 Å². The van der Waals surface area contributed by atoms with Crippen molar-refractivity contribution >= 4 is 6.08 Å². The van der Waals surface area contributed by atoms with Crippen LogP contribution in [0.2, 0.25) is 0 Å². The Bertz CT molecular complexity index is 741. The van der Waals surface area contributed by atoms with Crippen molar-refractivity contribution in [1.82, 2.24) is 4.90 Å². The van der Waals surface area contributed by atoms with Gasteiger partial charge in [0.05, 0.1) is 0 Å². The Morgan fingerprint density at radius 2 is 1.73 bits per heavy atom. The zero-order valence-corrected chi connectivity index (χ0v) is 15.8. The maximum absolute atomic E-state index is 5.93. The molecule has 1 unspecified atom stereocenters. The van der Waals surface area contributed by atoms with Crippen molar-refractivity contribution in [3.05, 3.63) is 70.8 Å². The van der Waals surface area contributed by atoms with Crippen LogP contribution in [0.15, 0.2) is 54.1 Å². The molecule has 0 radical (unpaired) electrons. The normalized spacial score (nSPS) is 22.2. The third-order valence-corrected chi connectivity index (χ3v) is 5.71. The minimum atomic E-state index is 0.623. The number of hydrogen-bond acceptors (Lipinski definition) is 2. The maximum Gasteiger partial charge on any atom is 0.119 e. The van der Waals surface area contributed by atoms with Crippen molar-refractivity contribution in [1.29, 1.82) is 0 Å². The van der Waals surface area contributed by atoms with Crippen molar-refractivity contribution in [2.24, 2.45) is 0 Å². The van der Waals surface area contributed by atoms with Crippen LogP contribution in [-0.2, 0) is 6.61 Å². The molecule has 26 heavy (non-hydrogen) atoms. The quantitative estimate of drug-likeness (QED) is 0.697. The molecule has 2 aliphatic rings. The zero-order chi connectivity index (χ0) is 17.8. The molecule has 0 spiro atoms. The van der Waals surface area contributed by atoms with Crippen molar-refractivity contribution in [2.45, 2.75) is 51.7 Å². The molecule has 2 nitrogen and oxygen atoms in total. The van der Waals surface area contributed by atoms with Gasteiger partial charge in [0.15, 0.2) is 0 Å². The van der Waals surface area contributed by atoms with Crippen molar-refractivity contribution < 1.29 is 4.74 Å².